The van der Waals surface area contributed by atoms with Crippen LogP contribution in [-0.2, 0) is 13.6 Å². The Morgan fingerprint density at radius 2 is 2.14 bits per heavy atom. The summed E-state index contributed by atoms with van der Waals surface area (Å²) in [6.45, 7) is -0.0217. The van der Waals surface area contributed by atoms with Crippen molar-refractivity contribution in [3.63, 3.8) is 0 Å². The van der Waals surface area contributed by atoms with Crippen LogP contribution >= 0.6 is 15.9 Å². The summed E-state index contributed by atoms with van der Waals surface area (Å²) in [6, 6.07) is 8.84. The molecular weight excluding hydrogens is 334 g/mol. The number of ketones is 1. The van der Waals surface area contributed by atoms with Crippen molar-refractivity contribution in [3.05, 3.63) is 63.4 Å². The average Bonchev–Trinajstić information content (AvgIpc) is 2.89. The molecule has 0 aliphatic heterocycles. The van der Waals surface area contributed by atoms with Gasteiger partial charge in [-0.05, 0) is 30.3 Å². The van der Waals surface area contributed by atoms with E-state index in [4.69, 9.17) is 0 Å². The molecule has 6 heteroatoms. The van der Waals surface area contributed by atoms with Crippen LogP contribution in [0.15, 0.2) is 52.1 Å². The van der Waals surface area contributed by atoms with Crippen molar-refractivity contribution in [2.24, 2.45) is 7.05 Å². The van der Waals surface area contributed by atoms with Crippen molar-refractivity contribution in [1.29, 1.82) is 0 Å². The maximum absolute atomic E-state index is 12.4. The molecule has 0 saturated carbocycles. The monoisotopic (exact) mass is 345 g/mol. The summed E-state index contributed by atoms with van der Waals surface area (Å²) < 4.78 is 3.88. The van der Waals surface area contributed by atoms with Gasteiger partial charge < -0.3 is 4.57 Å². The molecule has 2 aromatic heterocycles. The zero-order valence-electron chi connectivity index (χ0n) is 11.3. The van der Waals surface area contributed by atoms with E-state index in [9.17, 15) is 9.59 Å². The molecule has 0 aliphatic rings. The fraction of sp³-hybridized carbons (Fsp3) is 0.133. The van der Waals surface area contributed by atoms with Gasteiger partial charge in [-0.15, -0.1) is 0 Å². The summed E-state index contributed by atoms with van der Waals surface area (Å²) in [5.41, 5.74) is 0.964. The lowest BCUT2D eigenvalue weighted by molar-refractivity contribution is 0.0962. The molecule has 21 heavy (non-hydrogen) atoms. The topological polar surface area (TPSA) is 56.9 Å². The third-order valence-corrected chi connectivity index (χ3v) is 3.82. The van der Waals surface area contributed by atoms with E-state index in [1.165, 1.54) is 10.9 Å². The van der Waals surface area contributed by atoms with Crippen LogP contribution in [0.1, 0.15) is 10.5 Å². The van der Waals surface area contributed by atoms with Crippen LogP contribution in [0.3, 0.4) is 0 Å². The number of fused-ring (bicyclic) bond motifs is 1. The predicted molar refractivity (Wildman–Crippen MR) is 83.4 cm³/mol. The van der Waals surface area contributed by atoms with Crippen molar-refractivity contribution in [2.45, 2.75) is 6.54 Å². The van der Waals surface area contributed by atoms with Crippen LogP contribution < -0.4 is 5.56 Å². The number of carbonyl (C=O) groups is 1. The summed E-state index contributed by atoms with van der Waals surface area (Å²) in [5, 5.41) is 0.492. The third-order valence-electron chi connectivity index (χ3n) is 3.33. The fourth-order valence-corrected chi connectivity index (χ4v) is 2.59. The van der Waals surface area contributed by atoms with Crippen molar-refractivity contribution in [1.82, 2.24) is 14.1 Å². The molecule has 0 saturated heterocycles. The summed E-state index contributed by atoms with van der Waals surface area (Å²) >= 11 is 3.34. The zero-order chi connectivity index (χ0) is 15.0. The van der Waals surface area contributed by atoms with Gasteiger partial charge in [0.2, 0.25) is 0 Å². The lowest BCUT2D eigenvalue weighted by Crippen LogP contribution is -2.25. The Bertz CT molecular complexity index is 895. The molecule has 0 bridgehead atoms. The number of benzene rings is 1. The van der Waals surface area contributed by atoms with Crippen molar-refractivity contribution < 1.29 is 4.79 Å². The number of hydrogen-bond acceptors (Lipinski definition) is 3. The van der Waals surface area contributed by atoms with E-state index in [1.54, 1.807) is 42.1 Å². The quantitative estimate of drug-likeness (QED) is 0.685. The zero-order valence-corrected chi connectivity index (χ0v) is 12.9. The second-order valence-corrected chi connectivity index (χ2v) is 5.68. The first-order valence-corrected chi connectivity index (χ1v) is 7.15. The Kier molecular flexibility index (Phi) is 3.47. The van der Waals surface area contributed by atoms with Gasteiger partial charge in [-0.1, -0.05) is 15.9 Å². The van der Waals surface area contributed by atoms with E-state index in [1.807, 2.05) is 6.07 Å². The number of Topliss-reactive ketones (excluding diaryl/α,β-unsaturated/α-hetero) is 1. The van der Waals surface area contributed by atoms with Crippen LogP contribution in [0, 0.1) is 0 Å². The summed E-state index contributed by atoms with van der Waals surface area (Å²) in [4.78, 5) is 28.9. The maximum atomic E-state index is 12.4. The smallest absolute Gasteiger partial charge is 0.261 e. The Balaban J connectivity index is 2.02. The molecule has 3 rings (SSSR count). The number of hydrogen-bond donors (Lipinski definition) is 0. The number of nitrogens with zero attached hydrogens (tertiary/aromatic N) is 3. The normalized spacial score (nSPS) is 11.0. The number of halogens is 1. The number of rotatable bonds is 3. The molecule has 106 valence electrons. The summed E-state index contributed by atoms with van der Waals surface area (Å²) in [5.74, 6) is -0.124. The molecule has 0 fully saturated rings. The highest BCUT2D eigenvalue weighted by atomic mass is 79.9. The Morgan fingerprint density at radius 3 is 2.86 bits per heavy atom. The minimum absolute atomic E-state index is 0.0217. The standard InChI is InChI=1S/C15H12BrN3O2/c1-18-6-2-3-13(18)14(20)8-19-9-17-12-5-4-10(16)7-11(12)15(19)21/h2-7,9H,8H2,1H3. The SMILES string of the molecule is Cn1cccc1C(=O)Cn1cnc2ccc(Br)cc2c1=O. The van der Waals surface area contributed by atoms with Gasteiger partial charge in [0.25, 0.3) is 5.56 Å². The molecular formula is C15H12BrN3O2. The van der Waals surface area contributed by atoms with E-state index in [-0.39, 0.29) is 17.9 Å². The van der Waals surface area contributed by atoms with Gasteiger partial charge >= 0.3 is 0 Å². The Labute approximate surface area is 129 Å². The highest BCUT2D eigenvalue weighted by molar-refractivity contribution is 9.10. The Hall–Kier alpha value is -2.21. The van der Waals surface area contributed by atoms with Gasteiger partial charge in [0, 0.05) is 17.7 Å². The second-order valence-electron chi connectivity index (χ2n) is 4.77. The second kappa shape index (κ2) is 5.29. The van der Waals surface area contributed by atoms with E-state index >= 15 is 0 Å². The minimum atomic E-state index is -0.219. The number of aryl methyl sites for hydroxylation is 1. The van der Waals surface area contributed by atoms with Gasteiger partial charge in [-0.2, -0.15) is 0 Å². The van der Waals surface area contributed by atoms with Crippen LogP contribution in [0.5, 0.6) is 0 Å². The van der Waals surface area contributed by atoms with E-state index < -0.39 is 0 Å². The van der Waals surface area contributed by atoms with Crippen LogP contribution in [0.25, 0.3) is 10.9 Å². The molecule has 0 radical (unpaired) electrons. The molecule has 0 unspecified atom stereocenters. The summed E-state index contributed by atoms with van der Waals surface area (Å²) in [7, 11) is 1.80. The van der Waals surface area contributed by atoms with Crippen molar-refractivity contribution >= 4 is 32.6 Å². The average molecular weight is 346 g/mol. The number of carbonyl (C=O) groups excluding carboxylic acids is 1. The molecule has 0 atom stereocenters. The summed E-state index contributed by atoms with van der Waals surface area (Å²) in [6.07, 6.45) is 3.21. The highest BCUT2D eigenvalue weighted by Gasteiger charge is 2.12. The Morgan fingerprint density at radius 1 is 1.33 bits per heavy atom. The van der Waals surface area contributed by atoms with Gasteiger partial charge in [0.15, 0.2) is 5.78 Å². The molecule has 5 nitrogen and oxygen atoms in total. The van der Waals surface area contributed by atoms with Gasteiger partial charge in [-0.3, -0.25) is 14.2 Å². The highest BCUT2D eigenvalue weighted by Crippen LogP contribution is 2.15. The lowest BCUT2D eigenvalue weighted by Gasteiger charge is -2.07. The minimum Gasteiger partial charge on any atom is -0.348 e. The fourth-order valence-electron chi connectivity index (χ4n) is 2.23. The van der Waals surface area contributed by atoms with Crippen molar-refractivity contribution in [3.8, 4) is 0 Å². The van der Waals surface area contributed by atoms with Crippen LogP contribution in [0.4, 0.5) is 0 Å². The first kappa shape index (κ1) is 13.8. The first-order chi connectivity index (χ1) is 10.1. The first-order valence-electron chi connectivity index (χ1n) is 6.35. The third kappa shape index (κ3) is 2.54. The van der Waals surface area contributed by atoms with Gasteiger partial charge in [-0.25, -0.2) is 4.98 Å². The van der Waals surface area contributed by atoms with Crippen molar-refractivity contribution in [2.75, 3.05) is 0 Å². The molecule has 2 heterocycles. The number of aromatic nitrogens is 3. The van der Waals surface area contributed by atoms with E-state index in [0.29, 0.717) is 16.6 Å². The maximum Gasteiger partial charge on any atom is 0.261 e. The molecule has 3 aromatic rings. The lowest BCUT2D eigenvalue weighted by atomic mass is 10.2. The largest absolute Gasteiger partial charge is 0.348 e. The van der Waals surface area contributed by atoms with Crippen LogP contribution in [-0.4, -0.2) is 19.9 Å². The van der Waals surface area contributed by atoms with Gasteiger partial charge in [0.05, 0.1) is 29.5 Å². The molecule has 1 aromatic carbocycles. The molecule has 0 aliphatic carbocycles. The predicted octanol–water partition coefficient (Wildman–Crippen LogP) is 2.38. The van der Waals surface area contributed by atoms with Gasteiger partial charge in [0.1, 0.15) is 0 Å². The molecule has 0 amide bonds. The molecule has 0 N–H and O–H groups in total. The van der Waals surface area contributed by atoms with E-state index in [0.717, 1.165) is 4.47 Å². The van der Waals surface area contributed by atoms with E-state index in [2.05, 4.69) is 20.9 Å². The van der Waals surface area contributed by atoms with Crippen LogP contribution in [0.2, 0.25) is 0 Å². The molecule has 0 spiro atoms.